The van der Waals surface area contributed by atoms with Crippen LogP contribution in [0.25, 0.3) is 0 Å². The Bertz CT molecular complexity index is 868. The van der Waals surface area contributed by atoms with Crippen molar-refractivity contribution in [1.82, 2.24) is 14.7 Å². The lowest BCUT2D eigenvalue weighted by Gasteiger charge is -2.29. The third-order valence-corrected chi connectivity index (χ3v) is 4.19. The fourth-order valence-corrected chi connectivity index (χ4v) is 2.92. The number of aromatic nitrogens is 2. The number of amides is 2. The molecule has 2 amide bonds. The Hall–Kier alpha value is -2.90. The summed E-state index contributed by atoms with van der Waals surface area (Å²) < 4.78 is 20.1. The average molecular weight is 374 g/mol. The summed E-state index contributed by atoms with van der Waals surface area (Å²) in [6.45, 7) is 6.26. The van der Waals surface area contributed by atoms with Gasteiger partial charge in [-0.3, -0.25) is 9.48 Å². The van der Waals surface area contributed by atoms with E-state index >= 15 is 0 Å². The number of ether oxygens (including phenoxy) is 1. The van der Waals surface area contributed by atoms with Crippen LogP contribution in [0.1, 0.15) is 42.4 Å². The zero-order valence-corrected chi connectivity index (χ0v) is 15.9. The highest BCUT2D eigenvalue weighted by atomic mass is 19.1. The molecule has 0 unspecified atom stereocenters. The van der Waals surface area contributed by atoms with Crippen LogP contribution in [-0.4, -0.2) is 38.8 Å². The summed E-state index contributed by atoms with van der Waals surface area (Å²) in [5.41, 5.74) is 1.38. The molecular weight excluding hydrogens is 351 g/mol. The van der Waals surface area contributed by atoms with E-state index in [4.69, 9.17) is 4.74 Å². The van der Waals surface area contributed by atoms with Gasteiger partial charge in [0.2, 0.25) is 0 Å². The highest BCUT2D eigenvalue weighted by Crippen LogP contribution is 2.27. The average Bonchev–Trinajstić information content (AvgIpc) is 2.89. The number of aryl methyl sites for hydroxylation is 1. The van der Waals surface area contributed by atoms with E-state index in [1.54, 1.807) is 16.6 Å². The van der Waals surface area contributed by atoms with E-state index in [2.05, 4.69) is 10.4 Å². The minimum Gasteiger partial charge on any atom is -0.444 e. The van der Waals surface area contributed by atoms with E-state index in [1.807, 2.05) is 20.8 Å². The Balaban J connectivity index is 1.79. The summed E-state index contributed by atoms with van der Waals surface area (Å²) in [6.07, 6.45) is 0.183. The van der Waals surface area contributed by atoms with Gasteiger partial charge in [-0.25, -0.2) is 9.18 Å². The second-order valence-electron chi connectivity index (χ2n) is 7.51. The molecule has 0 aliphatic carbocycles. The fraction of sp³-hybridized carbons (Fsp3) is 0.421. The van der Waals surface area contributed by atoms with Crippen molar-refractivity contribution in [3.05, 3.63) is 46.9 Å². The molecule has 1 N–H and O–H groups in total. The van der Waals surface area contributed by atoms with E-state index in [-0.39, 0.29) is 5.91 Å². The molecule has 1 aliphatic heterocycles. The SMILES string of the molecule is Cn1nc2c(c1NC(=O)c1ccc(F)cc1)CN(C(=O)OC(C)(C)C)CC2. The Labute approximate surface area is 157 Å². The van der Waals surface area contributed by atoms with Gasteiger partial charge >= 0.3 is 6.09 Å². The Morgan fingerprint density at radius 1 is 1.22 bits per heavy atom. The molecule has 27 heavy (non-hydrogen) atoms. The first-order valence-electron chi connectivity index (χ1n) is 8.73. The lowest BCUT2D eigenvalue weighted by molar-refractivity contribution is 0.0224. The highest BCUT2D eigenvalue weighted by molar-refractivity contribution is 6.04. The molecule has 1 aromatic heterocycles. The smallest absolute Gasteiger partial charge is 0.410 e. The van der Waals surface area contributed by atoms with Gasteiger partial charge in [-0.1, -0.05) is 0 Å². The number of halogens is 1. The van der Waals surface area contributed by atoms with Gasteiger partial charge in [0, 0.05) is 31.1 Å². The van der Waals surface area contributed by atoms with Crippen molar-refractivity contribution in [3.8, 4) is 0 Å². The van der Waals surface area contributed by atoms with E-state index in [0.717, 1.165) is 11.3 Å². The van der Waals surface area contributed by atoms with E-state index in [1.165, 1.54) is 24.3 Å². The lowest BCUT2D eigenvalue weighted by Crippen LogP contribution is -2.40. The van der Waals surface area contributed by atoms with Gasteiger partial charge in [0.1, 0.15) is 17.2 Å². The van der Waals surface area contributed by atoms with Crippen LogP contribution < -0.4 is 5.32 Å². The first-order chi connectivity index (χ1) is 12.6. The molecule has 7 nitrogen and oxygen atoms in total. The maximum atomic E-state index is 13.1. The number of benzene rings is 1. The molecule has 0 spiro atoms. The second kappa shape index (κ2) is 7.02. The first-order valence-corrected chi connectivity index (χ1v) is 8.73. The molecule has 0 radical (unpaired) electrons. The molecule has 0 fully saturated rings. The molecule has 0 saturated carbocycles. The second-order valence-corrected chi connectivity index (χ2v) is 7.51. The number of nitrogens with one attached hydrogen (secondary N) is 1. The van der Waals surface area contributed by atoms with Crippen molar-refractivity contribution < 1.29 is 18.7 Å². The molecule has 1 aromatic carbocycles. The van der Waals surface area contributed by atoms with Crippen molar-refractivity contribution in [2.75, 3.05) is 11.9 Å². The molecule has 144 valence electrons. The number of fused-ring (bicyclic) bond motifs is 1. The number of carbonyl (C=O) groups excluding carboxylic acids is 2. The molecule has 0 bridgehead atoms. The van der Waals surface area contributed by atoms with Crippen LogP contribution >= 0.6 is 0 Å². The van der Waals surface area contributed by atoms with Crippen molar-refractivity contribution in [2.24, 2.45) is 7.05 Å². The number of carbonyl (C=O) groups is 2. The van der Waals surface area contributed by atoms with Crippen LogP contribution in [0.15, 0.2) is 24.3 Å². The third-order valence-electron chi connectivity index (χ3n) is 4.19. The Kier molecular flexibility index (Phi) is 4.91. The minimum atomic E-state index is -0.577. The summed E-state index contributed by atoms with van der Waals surface area (Å²) in [5, 5.41) is 7.27. The van der Waals surface area contributed by atoms with Crippen LogP contribution in [0.2, 0.25) is 0 Å². The monoisotopic (exact) mass is 374 g/mol. The third kappa shape index (κ3) is 4.27. The number of rotatable bonds is 2. The van der Waals surface area contributed by atoms with E-state index < -0.39 is 17.5 Å². The summed E-state index contributed by atoms with van der Waals surface area (Å²) in [6, 6.07) is 5.30. The minimum absolute atomic E-state index is 0.303. The Morgan fingerprint density at radius 2 is 1.89 bits per heavy atom. The van der Waals surface area contributed by atoms with Gasteiger partial charge in [0.15, 0.2) is 0 Å². The van der Waals surface area contributed by atoms with Gasteiger partial charge in [-0.2, -0.15) is 5.10 Å². The standard InChI is InChI=1S/C19H23FN4O3/c1-19(2,3)27-18(26)24-10-9-15-14(11-24)16(23(4)22-15)21-17(25)12-5-7-13(20)8-6-12/h5-8H,9-11H2,1-4H3,(H,21,25). The van der Waals surface area contributed by atoms with Crippen molar-refractivity contribution in [3.63, 3.8) is 0 Å². The molecule has 2 aromatic rings. The zero-order valence-electron chi connectivity index (χ0n) is 15.9. The van der Waals surface area contributed by atoms with Gasteiger partial charge < -0.3 is 15.0 Å². The van der Waals surface area contributed by atoms with Gasteiger partial charge in [0.25, 0.3) is 5.91 Å². The molecule has 2 heterocycles. The largest absolute Gasteiger partial charge is 0.444 e. The molecule has 3 rings (SSSR count). The van der Waals surface area contributed by atoms with Gasteiger partial charge in [0.05, 0.1) is 12.2 Å². The predicted octanol–water partition coefficient (Wildman–Crippen LogP) is 3.10. The van der Waals surface area contributed by atoms with Crippen LogP contribution in [0, 0.1) is 5.82 Å². The number of anilines is 1. The lowest BCUT2D eigenvalue weighted by atomic mass is 10.1. The fourth-order valence-electron chi connectivity index (χ4n) is 2.92. The molecule has 1 aliphatic rings. The van der Waals surface area contributed by atoms with Crippen LogP contribution in [0.5, 0.6) is 0 Å². The number of hydrogen-bond donors (Lipinski definition) is 1. The molecule has 0 saturated heterocycles. The van der Waals surface area contributed by atoms with Crippen molar-refractivity contribution >= 4 is 17.8 Å². The Morgan fingerprint density at radius 3 is 2.52 bits per heavy atom. The van der Waals surface area contributed by atoms with Gasteiger partial charge in [-0.05, 0) is 45.0 Å². The molecular formula is C19H23FN4O3. The topological polar surface area (TPSA) is 76.5 Å². The summed E-state index contributed by atoms with van der Waals surface area (Å²) in [5.74, 6) is -0.250. The van der Waals surface area contributed by atoms with Crippen molar-refractivity contribution in [1.29, 1.82) is 0 Å². The maximum Gasteiger partial charge on any atom is 0.410 e. The van der Waals surface area contributed by atoms with Crippen LogP contribution in [-0.2, 0) is 24.8 Å². The molecule has 8 heteroatoms. The maximum absolute atomic E-state index is 13.1. The van der Waals surface area contributed by atoms with Crippen LogP contribution in [0.4, 0.5) is 15.0 Å². The van der Waals surface area contributed by atoms with E-state index in [0.29, 0.717) is 30.9 Å². The first kappa shape index (κ1) is 18.9. The van der Waals surface area contributed by atoms with E-state index in [9.17, 15) is 14.0 Å². The normalized spacial score (nSPS) is 13.9. The number of nitrogens with zero attached hydrogens (tertiary/aromatic N) is 3. The molecule has 0 atom stereocenters. The summed E-state index contributed by atoms with van der Waals surface area (Å²) in [4.78, 5) is 26.5. The predicted molar refractivity (Wildman–Crippen MR) is 97.9 cm³/mol. The zero-order chi connectivity index (χ0) is 19.8. The van der Waals surface area contributed by atoms with Crippen molar-refractivity contribution in [2.45, 2.75) is 39.3 Å². The summed E-state index contributed by atoms with van der Waals surface area (Å²) in [7, 11) is 1.73. The quantitative estimate of drug-likeness (QED) is 0.876. The van der Waals surface area contributed by atoms with Crippen LogP contribution in [0.3, 0.4) is 0 Å². The highest BCUT2D eigenvalue weighted by Gasteiger charge is 2.30. The summed E-state index contributed by atoms with van der Waals surface area (Å²) >= 11 is 0. The number of hydrogen-bond acceptors (Lipinski definition) is 4. The van der Waals surface area contributed by atoms with Gasteiger partial charge in [-0.15, -0.1) is 0 Å².